The number of nitrogens with two attached hydrogens (primary N) is 1. The monoisotopic (exact) mass is 254 g/mol. The minimum atomic E-state index is 0.351. The third kappa shape index (κ3) is 1.35. The van der Waals surface area contributed by atoms with Crippen LogP contribution in [0.5, 0.6) is 0 Å². The van der Waals surface area contributed by atoms with E-state index in [9.17, 15) is 0 Å². The Hall–Kier alpha value is -2.83. The van der Waals surface area contributed by atoms with Crippen LogP contribution in [0.4, 0.5) is 11.6 Å². The molecule has 0 aliphatic carbocycles. The molecule has 94 valence electrons. The van der Waals surface area contributed by atoms with Gasteiger partial charge in [0, 0.05) is 5.39 Å². The Morgan fingerprint density at radius 2 is 2.16 bits per heavy atom. The van der Waals surface area contributed by atoms with Gasteiger partial charge in [0.05, 0.1) is 11.7 Å². The summed E-state index contributed by atoms with van der Waals surface area (Å²) in [5.41, 5.74) is 8.49. The molecule has 0 bridgehead atoms. The molecule has 7 heteroatoms. The molecule has 0 spiro atoms. The number of hydrogen-bond acceptors (Lipinski definition) is 6. The molecule has 0 amide bonds. The second kappa shape index (κ2) is 3.58. The number of para-hydroxylation sites is 1. The van der Waals surface area contributed by atoms with Crippen molar-refractivity contribution in [3.05, 3.63) is 30.5 Å². The molecule has 0 fully saturated rings. The average molecular weight is 254 g/mol. The minimum Gasteiger partial charge on any atom is -0.459 e. The molecule has 0 saturated heterocycles. The first-order valence-electron chi connectivity index (χ1n) is 5.78. The molecule has 3 heterocycles. The normalized spacial score (nSPS) is 14.4. The molecule has 1 aliphatic rings. The van der Waals surface area contributed by atoms with E-state index in [-0.39, 0.29) is 0 Å². The van der Waals surface area contributed by atoms with Crippen LogP contribution in [0.1, 0.15) is 0 Å². The standard InChI is InChI=1S/C12H10N6O/c13-12-16-9-4-2-1-3-8(9)11-10(5-14-18(11)12)17-7-19-6-15-17/h1-6H,7H2,(H2,13,16). The molecule has 0 radical (unpaired) electrons. The molecule has 2 N–H and O–H groups in total. The summed E-state index contributed by atoms with van der Waals surface area (Å²) in [4.78, 5) is 4.33. The van der Waals surface area contributed by atoms with E-state index in [0.717, 1.165) is 22.1 Å². The minimum absolute atomic E-state index is 0.351. The van der Waals surface area contributed by atoms with Gasteiger partial charge in [-0.3, -0.25) is 0 Å². The van der Waals surface area contributed by atoms with Gasteiger partial charge in [-0.25, -0.2) is 9.99 Å². The SMILES string of the molecule is Nc1nc2ccccc2c2c(N3COC=N3)cnn12. The smallest absolute Gasteiger partial charge is 0.222 e. The highest BCUT2D eigenvalue weighted by Crippen LogP contribution is 2.30. The molecular weight excluding hydrogens is 244 g/mol. The summed E-state index contributed by atoms with van der Waals surface area (Å²) >= 11 is 0. The first kappa shape index (κ1) is 10.1. The van der Waals surface area contributed by atoms with Crippen molar-refractivity contribution in [3.8, 4) is 0 Å². The lowest BCUT2D eigenvalue weighted by molar-refractivity contribution is 0.350. The number of hydrogen-bond donors (Lipinski definition) is 1. The van der Waals surface area contributed by atoms with Gasteiger partial charge in [-0.2, -0.15) is 9.61 Å². The van der Waals surface area contributed by atoms with E-state index in [0.29, 0.717) is 12.7 Å². The molecule has 0 atom stereocenters. The Morgan fingerprint density at radius 3 is 3.00 bits per heavy atom. The van der Waals surface area contributed by atoms with Gasteiger partial charge in [-0.05, 0) is 6.07 Å². The van der Waals surface area contributed by atoms with Crippen LogP contribution < -0.4 is 10.7 Å². The second-order valence-electron chi connectivity index (χ2n) is 4.19. The first-order valence-corrected chi connectivity index (χ1v) is 5.78. The predicted octanol–water partition coefficient (Wildman–Crippen LogP) is 1.20. The van der Waals surface area contributed by atoms with Crippen molar-refractivity contribution in [2.75, 3.05) is 17.5 Å². The summed E-state index contributed by atoms with van der Waals surface area (Å²) in [5.74, 6) is 0.351. The summed E-state index contributed by atoms with van der Waals surface area (Å²) in [6.07, 6.45) is 3.13. The van der Waals surface area contributed by atoms with Gasteiger partial charge in [0.1, 0.15) is 11.2 Å². The number of aromatic nitrogens is 3. The number of anilines is 2. The number of nitrogens with zero attached hydrogens (tertiary/aromatic N) is 5. The van der Waals surface area contributed by atoms with E-state index in [1.807, 2.05) is 24.3 Å². The van der Waals surface area contributed by atoms with E-state index in [4.69, 9.17) is 10.5 Å². The summed E-state index contributed by atoms with van der Waals surface area (Å²) in [6, 6.07) is 7.80. The largest absolute Gasteiger partial charge is 0.459 e. The first-order chi connectivity index (χ1) is 9.34. The van der Waals surface area contributed by atoms with Crippen LogP contribution in [0.15, 0.2) is 35.6 Å². The van der Waals surface area contributed by atoms with Crippen LogP contribution in [-0.2, 0) is 4.74 Å². The van der Waals surface area contributed by atoms with Crippen molar-refractivity contribution < 1.29 is 4.74 Å². The number of fused-ring (bicyclic) bond motifs is 3. The van der Waals surface area contributed by atoms with Crippen molar-refractivity contribution >= 4 is 34.5 Å². The van der Waals surface area contributed by atoms with Crippen molar-refractivity contribution in [1.82, 2.24) is 14.6 Å². The van der Waals surface area contributed by atoms with E-state index in [2.05, 4.69) is 15.2 Å². The van der Waals surface area contributed by atoms with Gasteiger partial charge in [0.2, 0.25) is 5.95 Å². The van der Waals surface area contributed by atoms with Crippen LogP contribution in [0.3, 0.4) is 0 Å². The van der Waals surface area contributed by atoms with Gasteiger partial charge in [0.15, 0.2) is 13.1 Å². The highest BCUT2D eigenvalue weighted by atomic mass is 16.5. The summed E-state index contributed by atoms with van der Waals surface area (Å²) < 4.78 is 6.74. The van der Waals surface area contributed by atoms with Crippen molar-refractivity contribution in [1.29, 1.82) is 0 Å². The third-order valence-electron chi connectivity index (χ3n) is 3.10. The third-order valence-corrected chi connectivity index (χ3v) is 3.10. The fourth-order valence-corrected chi connectivity index (χ4v) is 2.26. The van der Waals surface area contributed by atoms with Gasteiger partial charge in [-0.1, -0.05) is 18.2 Å². The highest BCUT2D eigenvalue weighted by Gasteiger charge is 2.18. The van der Waals surface area contributed by atoms with Gasteiger partial charge in [-0.15, -0.1) is 5.10 Å². The second-order valence-corrected chi connectivity index (χ2v) is 4.19. The van der Waals surface area contributed by atoms with Crippen molar-refractivity contribution in [2.45, 2.75) is 0 Å². The maximum Gasteiger partial charge on any atom is 0.222 e. The number of ether oxygens (including phenoxy) is 1. The van der Waals surface area contributed by atoms with Crippen LogP contribution in [0, 0.1) is 0 Å². The van der Waals surface area contributed by atoms with E-state index in [1.54, 1.807) is 15.7 Å². The Morgan fingerprint density at radius 1 is 1.26 bits per heavy atom. The molecular formula is C12H10N6O. The average Bonchev–Trinajstić information content (AvgIpc) is 3.08. The van der Waals surface area contributed by atoms with Crippen molar-refractivity contribution in [2.24, 2.45) is 5.10 Å². The zero-order valence-corrected chi connectivity index (χ0v) is 9.89. The Labute approximate surface area is 107 Å². The highest BCUT2D eigenvalue weighted by molar-refractivity contribution is 6.01. The van der Waals surface area contributed by atoms with Gasteiger partial charge in [0.25, 0.3) is 0 Å². The van der Waals surface area contributed by atoms with Crippen LogP contribution in [-0.4, -0.2) is 27.7 Å². The zero-order chi connectivity index (χ0) is 12.8. The van der Waals surface area contributed by atoms with Crippen LogP contribution in [0.25, 0.3) is 16.4 Å². The molecule has 1 aromatic carbocycles. The maximum atomic E-state index is 5.94. The molecule has 0 saturated carbocycles. The summed E-state index contributed by atoms with van der Waals surface area (Å²) in [6.45, 7) is 0.373. The summed E-state index contributed by atoms with van der Waals surface area (Å²) in [5, 5.41) is 11.1. The molecule has 7 nitrogen and oxygen atoms in total. The fraction of sp³-hybridized carbons (Fsp3) is 0.0833. The molecule has 1 aliphatic heterocycles. The fourth-order valence-electron chi connectivity index (χ4n) is 2.26. The predicted molar refractivity (Wildman–Crippen MR) is 71.8 cm³/mol. The molecule has 0 unspecified atom stereocenters. The summed E-state index contributed by atoms with van der Waals surface area (Å²) in [7, 11) is 0. The van der Waals surface area contributed by atoms with E-state index >= 15 is 0 Å². The molecule has 19 heavy (non-hydrogen) atoms. The number of hydrazone groups is 1. The lowest BCUT2D eigenvalue weighted by atomic mass is 10.2. The lowest BCUT2D eigenvalue weighted by Gasteiger charge is -2.11. The number of nitrogen functional groups attached to an aromatic ring is 1. The lowest BCUT2D eigenvalue weighted by Crippen LogP contribution is -2.12. The van der Waals surface area contributed by atoms with Crippen LogP contribution >= 0.6 is 0 Å². The van der Waals surface area contributed by atoms with E-state index in [1.165, 1.54) is 6.40 Å². The topological polar surface area (TPSA) is 81.0 Å². The zero-order valence-electron chi connectivity index (χ0n) is 9.89. The number of rotatable bonds is 1. The number of benzene rings is 1. The van der Waals surface area contributed by atoms with E-state index < -0.39 is 0 Å². The molecule has 4 rings (SSSR count). The molecule has 3 aromatic rings. The van der Waals surface area contributed by atoms with Crippen molar-refractivity contribution in [3.63, 3.8) is 0 Å². The Bertz CT molecular complexity index is 808. The molecule has 2 aromatic heterocycles. The maximum absolute atomic E-state index is 5.94. The Kier molecular flexibility index (Phi) is 1.91. The Balaban J connectivity index is 2.12. The van der Waals surface area contributed by atoms with Crippen LogP contribution in [0.2, 0.25) is 0 Å². The van der Waals surface area contributed by atoms with Gasteiger partial charge < -0.3 is 10.5 Å². The van der Waals surface area contributed by atoms with Gasteiger partial charge >= 0.3 is 0 Å². The quantitative estimate of drug-likeness (QED) is 0.705.